The minimum Gasteiger partial charge on any atom is -0.492 e. The molecule has 0 amide bonds. The second-order valence-electron chi connectivity index (χ2n) is 8.06. The first-order valence-corrected chi connectivity index (χ1v) is 11.7. The minimum atomic E-state index is -0.235. The monoisotopic (exact) mass is 499 g/mol. The highest BCUT2D eigenvalue weighted by molar-refractivity contribution is 9.10. The van der Waals surface area contributed by atoms with Crippen LogP contribution in [-0.2, 0) is 20.7 Å². The molecule has 32 heavy (non-hydrogen) atoms. The number of ether oxygens (including phenoxy) is 4. The van der Waals surface area contributed by atoms with Crippen LogP contribution in [0.15, 0.2) is 34.8 Å². The third-order valence-corrected chi connectivity index (χ3v) is 6.92. The Morgan fingerprint density at radius 3 is 2.69 bits per heavy atom. The van der Waals surface area contributed by atoms with E-state index in [0.717, 1.165) is 58.7 Å². The fourth-order valence-electron chi connectivity index (χ4n) is 4.29. The van der Waals surface area contributed by atoms with Gasteiger partial charge in [-0.25, -0.2) is 0 Å². The van der Waals surface area contributed by atoms with Gasteiger partial charge in [-0.2, -0.15) is 5.26 Å². The number of nitrogens with zero attached hydrogens (tertiary/aromatic N) is 1. The lowest BCUT2D eigenvalue weighted by molar-refractivity contribution is -0.141. The van der Waals surface area contributed by atoms with Crippen LogP contribution in [0.2, 0.25) is 0 Å². The van der Waals surface area contributed by atoms with Crippen LogP contribution in [0.3, 0.4) is 0 Å². The summed E-state index contributed by atoms with van der Waals surface area (Å²) in [6.07, 6.45) is 4.56. The lowest BCUT2D eigenvalue weighted by Crippen LogP contribution is -2.09. The Labute approximate surface area is 196 Å². The van der Waals surface area contributed by atoms with Crippen molar-refractivity contribution in [2.45, 2.75) is 44.1 Å². The number of carbonyl (C=O) groups is 1. The van der Waals surface area contributed by atoms with E-state index in [1.165, 1.54) is 20.0 Å². The zero-order valence-electron chi connectivity index (χ0n) is 18.1. The Morgan fingerprint density at radius 1 is 1.22 bits per heavy atom. The first-order chi connectivity index (χ1) is 15.6. The average molecular weight is 500 g/mol. The molecule has 3 aliphatic rings. The zero-order chi connectivity index (χ0) is 22.5. The van der Waals surface area contributed by atoms with Crippen LogP contribution < -0.4 is 9.47 Å². The van der Waals surface area contributed by atoms with E-state index in [4.69, 9.17) is 18.9 Å². The highest BCUT2D eigenvalue weighted by Gasteiger charge is 2.30. The van der Waals surface area contributed by atoms with Gasteiger partial charge in [0.2, 0.25) is 0 Å². The first-order valence-electron chi connectivity index (χ1n) is 10.9. The predicted octanol–water partition coefficient (Wildman–Crippen LogP) is 5.22. The van der Waals surface area contributed by atoms with E-state index in [0.29, 0.717) is 18.6 Å². The molecule has 1 saturated heterocycles. The van der Waals surface area contributed by atoms with Crippen molar-refractivity contribution in [2.75, 3.05) is 26.9 Å². The molecule has 168 valence electrons. The van der Waals surface area contributed by atoms with Gasteiger partial charge >= 0.3 is 5.97 Å². The summed E-state index contributed by atoms with van der Waals surface area (Å²) in [5.74, 6) is 1.29. The summed E-state index contributed by atoms with van der Waals surface area (Å²) in [4.78, 5) is 11.5. The summed E-state index contributed by atoms with van der Waals surface area (Å²) in [7, 11) is 1.40. The molecule has 0 radical (unpaired) electrons. The van der Waals surface area contributed by atoms with Crippen LogP contribution in [-0.4, -0.2) is 32.9 Å². The number of hydrogen-bond donors (Lipinski definition) is 0. The van der Waals surface area contributed by atoms with Gasteiger partial charge in [0, 0.05) is 35.2 Å². The summed E-state index contributed by atoms with van der Waals surface area (Å²) >= 11 is 3.54. The summed E-state index contributed by atoms with van der Waals surface area (Å²) in [6, 6.07) is 11.8. The number of carbonyl (C=O) groups excluding carboxylic acids is 1. The fraction of sp³-hybridized carbons (Fsp3) is 0.440. The second kappa shape index (κ2) is 10.4. The summed E-state index contributed by atoms with van der Waals surface area (Å²) in [5, 5.41) is 9.18. The maximum atomic E-state index is 11.5. The Kier molecular flexibility index (Phi) is 7.33. The van der Waals surface area contributed by atoms with Gasteiger partial charge in [-0.1, -0.05) is 12.1 Å². The standard InChI is InChI=1S/C21H18BrNO4.C4H8O/c1-25-20(24)8-13-11-26-19-9-14(3-5-15(13)19)27-18-7-6-17-16(18)4-2-12(10-23)21(17)22;1-2-4-5-3-1/h2-5,9,13,18H,6-8,11H2,1H3;1-4H2/t13-,18-;/m1./s1. The highest BCUT2D eigenvalue weighted by atomic mass is 79.9. The van der Waals surface area contributed by atoms with Crippen LogP contribution in [0.1, 0.15) is 60.0 Å². The normalized spacial score (nSPS) is 20.3. The molecule has 0 aromatic heterocycles. The number of methoxy groups -OCH3 is 1. The quantitative estimate of drug-likeness (QED) is 0.536. The first kappa shape index (κ1) is 22.6. The van der Waals surface area contributed by atoms with Gasteiger partial charge < -0.3 is 18.9 Å². The van der Waals surface area contributed by atoms with Crippen molar-refractivity contribution in [1.82, 2.24) is 0 Å². The van der Waals surface area contributed by atoms with E-state index in [-0.39, 0.29) is 18.0 Å². The molecular weight excluding hydrogens is 474 g/mol. The van der Waals surface area contributed by atoms with Crippen LogP contribution >= 0.6 is 15.9 Å². The van der Waals surface area contributed by atoms with Crippen LogP contribution in [0.5, 0.6) is 11.5 Å². The van der Waals surface area contributed by atoms with Gasteiger partial charge in [-0.15, -0.1) is 0 Å². The van der Waals surface area contributed by atoms with E-state index < -0.39 is 0 Å². The molecule has 0 spiro atoms. The summed E-state index contributed by atoms with van der Waals surface area (Å²) in [5.41, 5.74) is 3.93. The van der Waals surface area contributed by atoms with E-state index in [1.54, 1.807) is 0 Å². The molecule has 0 bridgehead atoms. The third-order valence-electron chi connectivity index (χ3n) is 6.01. The molecular formula is C25H26BrNO5. The molecule has 5 rings (SSSR count). The number of nitriles is 1. The molecule has 0 N–H and O–H groups in total. The smallest absolute Gasteiger partial charge is 0.306 e. The van der Waals surface area contributed by atoms with Gasteiger partial charge in [-0.05, 0) is 64.9 Å². The number of rotatable bonds is 4. The Balaban J connectivity index is 0.000000433. The molecule has 6 nitrogen and oxygen atoms in total. The molecule has 2 atom stereocenters. The summed E-state index contributed by atoms with van der Waals surface area (Å²) < 4.78 is 22.5. The van der Waals surface area contributed by atoms with E-state index >= 15 is 0 Å². The lowest BCUT2D eigenvalue weighted by atomic mass is 9.98. The topological polar surface area (TPSA) is 77.8 Å². The zero-order valence-corrected chi connectivity index (χ0v) is 19.7. The largest absolute Gasteiger partial charge is 0.492 e. The number of halogens is 1. The van der Waals surface area contributed by atoms with Crippen LogP contribution in [0.25, 0.3) is 0 Å². The SMILES string of the molecule is C1CCOC1.COC(=O)C[C@@H]1COc2cc(O[C@@H]3CCc4c3ccc(C#N)c4Br)ccc21. The van der Waals surface area contributed by atoms with Crippen LogP contribution in [0, 0.1) is 11.3 Å². The van der Waals surface area contributed by atoms with E-state index in [2.05, 4.69) is 22.0 Å². The third kappa shape index (κ3) is 4.92. The Bertz CT molecular complexity index is 1020. The molecule has 2 aromatic rings. The molecule has 0 saturated carbocycles. The second-order valence-corrected chi connectivity index (χ2v) is 8.85. The fourth-order valence-corrected chi connectivity index (χ4v) is 4.94. The minimum absolute atomic E-state index is 0.0223. The number of esters is 1. The van der Waals surface area contributed by atoms with Gasteiger partial charge in [0.05, 0.1) is 25.7 Å². The maximum Gasteiger partial charge on any atom is 0.306 e. The van der Waals surface area contributed by atoms with Gasteiger partial charge in [0.15, 0.2) is 0 Å². The van der Waals surface area contributed by atoms with E-state index in [1.807, 2.05) is 30.3 Å². The van der Waals surface area contributed by atoms with Crippen LogP contribution in [0.4, 0.5) is 0 Å². The Hall–Kier alpha value is -2.56. The molecule has 0 unspecified atom stereocenters. The number of benzene rings is 2. The van der Waals surface area contributed by atoms with Gasteiger partial charge in [0.25, 0.3) is 0 Å². The van der Waals surface area contributed by atoms with Crippen molar-refractivity contribution in [1.29, 1.82) is 5.26 Å². The predicted molar refractivity (Wildman–Crippen MR) is 122 cm³/mol. The molecule has 1 fully saturated rings. The Morgan fingerprint density at radius 2 is 2.00 bits per heavy atom. The number of fused-ring (bicyclic) bond motifs is 2. The van der Waals surface area contributed by atoms with Crippen molar-refractivity contribution < 1.29 is 23.7 Å². The van der Waals surface area contributed by atoms with E-state index in [9.17, 15) is 10.1 Å². The summed E-state index contributed by atoms with van der Waals surface area (Å²) in [6.45, 7) is 2.48. The molecule has 2 aromatic carbocycles. The van der Waals surface area contributed by atoms with Gasteiger partial charge in [0.1, 0.15) is 23.7 Å². The molecule has 2 aliphatic heterocycles. The molecule has 1 aliphatic carbocycles. The van der Waals surface area contributed by atoms with Gasteiger partial charge in [-0.3, -0.25) is 4.79 Å². The van der Waals surface area contributed by atoms with Crippen molar-refractivity contribution in [3.05, 3.63) is 57.1 Å². The molecule has 7 heteroatoms. The lowest BCUT2D eigenvalue weighted by Gasteiger charge is -2.16. The van der Waals surface area contributed by atoms with Crippen molar-refractivity contribution in [3.63, 3.8) is 0 Å². The average Bonchev–Trinajstić information content (AvgIpc) is 3.57. The maximum absolute atomic E-state index is 11.5. The molecule has 2 heterocycles. The van der Waals surface area contributed by atoms with Crippen molar-refractivity contribution in [3.8, 4) is 17.6 Å². The van der Waals surface area contributed by atoms with Crippen molar-refractivity contribution in [2.24, 2.45) is 0 Å². The van der Waals surface area contributed by atoms with Crippen molar-refractivity contribution >= 4 is 21.9 Å². The number of hydrogen-bond acceptors (Lipinski definition) is 6. The highest BCUT2D eigenvalue weighted by Crippen LogP contribution is 2.42.